The van der Waals surface area contributed by atoms with E-state index in [4.69, 9.17) is 16.3 Å². The second-order valence-electron chi connectivity index (χ2n) is 4.98. The first-order valence-corrected chi connectivity index (χ1v) is 9.05. The summed E-state index contributed by atoms with van der Waals surface area (Å²) in [6, 6.07) is 12.8. The number of anilines is 1. The lowest BCUT2D eigenvalue weighted by Crippen LogP contribution is -2.31. The number of hydrogen-bond acceptors (Lipinski definition) is 3. The van der Waals surface area contributed by atoms with Crippen molar-refractivity contribution in [2.45, 2.75) is 12.2 Å². The van der Waals surface area contributed by atoms with E-state index in [0.717, 1.165) is 0 Å². The van der Waals surface area contributed by atoms with Gasteiger partial charge >= 0.3 is 0 Å². The van der Waals surface area contributed by atoms with E-state index in [1.54, 1.807) is 30.3 Å². The molecule has 0 saturated heterocycles. The van der Waals surface area contributed by atoms with E-state index >= 15 is 0 Å². The number of ether oxygens (including phenoxy) is 1. The second-order valence-corrected chi connectivity index (χ2v) is 7.26. The van der Waals surface area contributed by atoms with Crippen molar-refractivity contribution in [3.8, 4) is 5.75 Å². The highest BCUT2D eigenvalue weighted by Crippen LogP contribution is 2.23. The molecular weight excluding hydrogens is 353 g/mol. The maximum Gasteiger partial charge on any atom is 0.239 e. The molecule has 2 aromatic carbocycles. The number of benzene rings is 2. The van der Waals surface area contributed by atoms with E-state index in [1.165, 1.54) is 25.1 Å². The molecule has 24 heavy (non-hydrogen) atoms. The van der Waals surface area contributed by atoms with Crippen molar-refractivity contribution < 1.29 is 18.1 Å². The summed E-state index contributed by atoms with van der Waals surface area (Å²) in [5, 5.41) is 2.11. The van der Waals surface area contributed by atoms with E-state index < -0.39 is 27.8 Å². The van der Waals surface area contributed by atoms with Gasteiger partial charge in [-0.2, -0.15) is 0 Å². The maximum absolute atomic E-state index is 13.5. The number of para-hydroxylation sites is 2. The number of hydrogen-bond donors (Lipinski definition) is 1. The molecule has 0 aliphatic heterocycles. The molecule has 0 aliphatic carbocycles. The maximum atomic E-state index is 13.5. The highest BCUT2D eigenvalue weighted by atomic mass is 35.5. The Bertz CT molecular complexity index is 741. The Hall–Kier alpha value is -1.92. The molecule has 0 fully saturated rings. The van der Waals surface area contributed by atoms with Gasteiger partial charge in [-0.25, -0.2) is 4.39 Å². The van der Waals surface area contributed by atoms with Gasteiger partial charge in [0.15, 0.2) is 0 Å². The lowest BCUT2D eigenvalue weighted by Gasteiger charge is -2.13. The summed E-state index contributed by atoms with van der Waals surface area (Å²) in [6.45, 7) is 1.69. The molecule has 1 N–H and O–H groups in total. The third-order valence-corrected chi connectivity index (χ3v) is 5.16. The van der Waals surface area contributed by atoms with Gasteiger partial charge in [0.25, 0.3) is 0 Å². The van der Waals surface area contributed by atoms with Crippen LogP contribution in [0.2, 0.25) is 5.02 Å². The second kappa shape index (κ2) is 8.80. The normalized spacial score (nSPS) is 13.1. The van der Waals surface area contributed by atoms with E-state index in [9.17, 15) is 13.4 Å². The minimum atomic E-state index is -1.46. The van der Waals surface area contributed by atoms with Crippen molar-refractivity contribution >= 4 is 34.0 Å². The average molecular weight is 370 g/mol. The Balaban J connectivity index is 1.84. The van der Waals surface area contributed by atoms with Crippen LogP contribution in [0.15, 0.2) is 48.5 Å². The number of carbonyl (C=O) groups excluding carboxylic acids is 1. The number of nitrogens with one attached hydrogen (secondary N) is 1. The molecule has 0 aromatic heterocycles. The molecule has 0 saturated carbocycles. The molecule has 2 rings (SSSR count). The highest BCUT2D eigenvalue weighted by Gasteiger charge is 2.21. The molecule has 1 amide bonds. The van der Waals surface area contributed by atoms with Crippen LogP contribution in [-0.2, 0) is 15.6 Å². The monoisotopic (exact) mass is 369 g/mol. The molecule has 0 aliphatic rings. The fourth-order valence-electron chi connectivity index (χ4n) is 1.89. The van der Waals surface area contributed by atoms with E-state index in [0.29, 0.717) is 10.8 Å². The van der Waals surface area contributed by atoms with Crippen LogP contribution < -0.4 is 10.1 Å². The quantitative estimate of drug-likeness (QED) is 0.810. The van der Waals surface area contributed by atoms with Gasteiger partial charge in [-0.05, 0) is 31.2 Å². The smallest absolute Gasteiger partial charge is 0.239 e. The Labute approximate surface area is 147 Å². The number of halogens is 2. The molecule has 7 heteroatoms. The van der Waals surface area contributed by atoms with Crippen LogP contribution in [0.4, 0.5) is 10.1 Å². The van der Waals surface area contributed by atoms with Crippen LogP contribution >= 0.6 is 11.6 Å². The summed E-state index contributed by atoms with van der Waals surface area (Å²) < 4.78 is 31.2. The Kier molecular flexibility index (Phi) is 6.75. The summed E-state index contributed by atoms with van der Waals surface area (Å²) in [5.74, 6) is -0.376. The van der Waals surface area contributed by atoms with Gasteiger partial charge in [-0.1, -0.05) is 35.9 Å². The summed E-state index contributed by atoms with van der Waals surface area (Å²) in [7, 11) is -1.46. The van der Waals surface area contributed by atoms with Crippen LogP contribution in [0.25, 0.3) is 0 Å². The van der Waals surface area contributed by atoms with Crippen molar-refractivity contribution in [1.82, 2.24) is 0 Å². The highest BCUT2D eigenvalue weighted by molar-refractivity contribution is 7.86. The van der Waals surface area contributed by atoms with Gasteiger partial charge in [0.1, 0.15) is 16.8 Å². The lowest BCUT2D eigenvalue weighted by molar-refractivity contribution is -0.115. The zero-order chi connectivity index (χ0) is 17.5. The minimum absolute atomic E-state index is 0.0682. The summed E-state index contributed by atoms with van der Waals surface area (Å²) in [5.41, 5.74) is 0.0682. The third-order valence-electron chi connectivity index (χ3n) is 3.27. The first-order chi connectivity index (χ1) is 11.5. The molecule has 0 bridgehead atoms. The average Bonchev–Trinajstić information content (AvgIpc) is 2.57. The van der Waals surface area contributed by atoms with Gasteiger partial charge < -0.3 is 10.1 Å². The van der Waals surface area contributed by atoms with Crippen molar-refractivity contribution in [3.63, 3.8) is 0 Å². The lowest BCUT2D eigenvalue weighted by atomic mass is 10.3. The summed E-state index contributed by atoms with van der Waals surface area (Å²) in [6.07, 6.45) is 0. The van der Waals surface area contributed by atoms with Crippen molar-refractivity contribution in [2.75, 3.05) is 17.7 Å². The van der Waals surface area contributed by atoms with E-state index in [2.05, 4.69) is 5.32 Å². The fraction of sp³-hybridized carbons (Fsp3) is 0.235. The molecular formula is C17H17ClFNO3S. The standard InChI is InChI=1S/C17H17ClFNO3S/c1-12(17(21)20-15-8-4-3-7-14(15)19)24(22)11-10-23-16-9-5-2-6-13(16)18/h2-9,12H,10-11H2,1H3,(H,20,21)/t12-,24+/m1/s1. The zero-order valence-corrected chi connectivity index (χ0v) is 14.6. The Morgan fingerprint density at radius 3 is 2.62 bits per heavy atom. The minimum Gasteiger partial charge on any atom is -0.491 e. The summed E-state index contributed by atoms with van der Waals surface area (Å²) >= 11 is 5.96. The van der Waals surface area contributed by atoms with Crippen LogP contribution in [0.5, 0.6) is 5.75 Å². The topological polar surface area (TPSA) is 55.4 Å². The molecule has 0 spiro atoms. The van der Waals surface area contributed by atoms with E-state index in [1.807, 2.05) is 0 Å². The number of rotatable bonds is 7. The molecule has 128 valence electrons. The predicted molar refractivity (Wildman–Crippen MR) is 94.4 cm³/mol. The van der Waals surface area contributed by atoms with Crippen LogP contribution in [0.3, 0.4) is 0 Å². The fourth-order valence-corrected chi connectivity index (χ4v) is 2.98. The van der Waals surface area contributed by atoms with Crippen LogP contribution in [0.1, 0.15) is 6.92 Å². The molecule has 2 aromatic rings. The third kappa shape index (κ3) is 5.04. The summed E-state index contributed by atoms with van der Waals surface area (Å²) in [4.78, 5) is 12.1. The zero-order valence-electron chi connectivity index (χ0n) is 13.0. The van der Waals surface area contributed by atoms with E-state index in [-0.39, 0.29) is 18.0 Å². The van der Waals surface area contributed by atoms with Crippen LogP contribution in [-0.4, -0.2) is 27.7 Å². The Morgan fingerprint density at radius 2 is 1.92 bits per heavy atom. The first kappa shape index (κ1) is 18.4. The molecule has 2 atom stereocenters. The van der Waals surface area contributed by atoms with Gasteiger partial charge in [0.05, 0.1) is 23.1 Å². The number of amides is 1. The molecule has 0 heterocycles. The van der Waals surface area contributed by atoms with Gasteiger partial charge in [0.2, 0.25) is 5.91 Å². The molecule has 0 unspecified atom stereocenters. The Morgan fingerprint density at radius 1 is 1.25 bits per heavy atom. The molecule has 4 nitrogen and oxygen atoms in total. The van der Waals surface area contributed by atoms with Crippen molar-refractivity contribution in [3.05, 3.63) is 59.4 Å². The largest absolute Gasteiger partial charge is 0.491 e. The van der Waals surface area contributed by atoms with Crippen LogP contribution in [0, 0.1) is 5.82 Å². The van der Waals surface area contributed by atoms with Gasteiger partial charge in [0, 0.05) is 10.8 Å². The van der Waals surface area contributed by atoms with Crippen molar-refractivity contribution in [1.29, 1.82) is 0 Å². The van der Waals surface area contributed by atoms with Gasteiger partial charge in [-0.3, -0.25) is 9.00 Å². The van der Waals surface area contributed by atoms with Crippen molar-refractivity contribution in [2.24, 2.45) is 0 Å². The van der Waals surface area contributed by atoms with Gasteiger partial charge in [-0.15, -0.1) is 0 Å². The predicted octanol–water partition coefficient (Wildman–Crippen LogP) is 3.63. The molecule has 0 radical (unpaired) electrons. The number of carbonyl (C=O) groups is 1. The first-order valence-electron chi connectivity index (χ1n) is 7.29. The SMILES string of the molecule is C[C@H](C(=O)Nc1ccccc1F)[S@@](=O)CCOc1ccccc1Cl.